The average molecular weight is 332 g/mol. The van der Waals surface area contributed by atoms with Crippen LogP contribution in [0.4, 0.5) is 0 Å². The van der Waals surface area contributed by atoms with Crippen LogP contribution in [0.25, 0.3) is 0 Å². The van der Waals surface area contributed by atoms with Gasteiger partial charge in [0.05, 0.1) is 17.8 Å². The summed E-state index contributed by atoms with van der Waals surface area (Å²) >= 11 is 0. The molecule has 0 unspecified atom stereocenters. The van der Waals surface area contributed by atoms with Gasteiger partial charge in [-0.25, -0.2) is 4.79 Å². The van der Waals surface area contributed by atoms with Crippen LogP contribution >= 0.6 is 0 Å². The molecular weight excluding hydrogens is 304 g/mol. The van der Waals surface area contributed by atoms with E-state index in [2.05, 4.69) is 6.58 Å². The number of esters is 1. The zero-order valence-corrected chi connectivity index (χ0v) is 14.9. The zero-order valence-electron chi connectivity index (χ0n) is 14.9. The summed E-state index contributed by atoms with van der Waals surface area (Å²) in [4.78, 5) is 11.9. The van der Waals surface area contributed by atoms with E-state index in [1.807, 2.05) is 26.8 Å². The van der Waals surface area contributed by atoms with E-state index in [9.17, 15) is 9.90 Å². The lowest BCUT2D eigenvalue weighted by Crippen LogP contribution is -2.39. The number of ether oxygens (including phenoxy) is 2. The summed E-state index contributed by atoms with van der Waals surface area (Å²) in [5.74, 6) is -0.221. The molecular formula is C20H28O4. The van der Waals surface area contributed by atoms with Crippen LogP contribution in [0.15, 0.2) is 34.9 Å². The van der Waals surface area contributed by atoms with Gasteiger partial charge in [0, 0.05) is 5.57 Å². The summed E-state index contributed by atoms with van der Waals surface area (Å²) in [6.45, 7) is 10.1. The first kappa shape index (κ1) is 17.4. The van der Waals surface area contributed by atoms with E-state index >= 15 is 0 Å². The Balaban J connectivity index is 1.88. The van der Waals surface area contributed by atoms with Gasteiger partial charge in [0.1, 0.15) is 6.10 Å². The molecule has 0 spiro atoms. The molecule has 4 heteroatoms. The quantitative estimate of drug-likeness (QED) is 0.544. The number of aliphatic hydroxyl groups is 1. The van der Waals surface area contributed by atoms with E-state index in [1.165, 1.54) is 0 Å². The lowest BCUT2D eigenvalue weighted by Gasteiger charge is -2.31. The third-order valence-electron chi connectivity index (χ3n) is 5.80. The Hall–Kier alpha value is -1.39. The van der Waals surface area contributed by atoms with Crippen molar-refractivity contribution in [2.24, 2.45) is 0 Å². The fraction of sp³-hybridized carbons (Fsp3) is 0.650. The Morgan fingerprint density at radius 2 is 2.00 bits per heavy atom. The molecule has 24 heavy (non-hydrogen) atoms. The first-order valence-corrected chi connectivity index (χ1v) is 8.91. The number of rotatable bonds is 0. The summed E-state index contributed by atoms with van der Waals surface area (Å²) in [5, 5.41) is 10.6. The van der Waals surface area contributed by atoms with Crippen molar-refractivity contribution in [2.45, 2.75) is 83.2 Å². The zero-order chi connectivity index (χ0) is 17.5. The monoisotopic (exact) mass is 332 g/mol. The molecule has 0 aliphatic carbocycles. The van der Waals surface area contributed by atoms with Gasteiger partial charge in [-0.1, -0.05) is 12.2 Å². The molecule has 0 saturated carbocycles. The predicted molar refractivity (Wildman–Crippen MR) is 92.5 cm³/mol. The van der Waals surface area contributed by atoms with E-state index in [-0.39, 0.29) is 18.2 Å². The third-order valence-corrected chi connectivity index (χ3v) is 5.80. The summed E-state index contributed by atoms with van der Waals surface area (Å²) in [6.07, 6.45) is 5.98. The fourth-order valence-corrected chi connectivity index (χ4v) is 3.94. The van der Waals surface area contributed by atoms with Gasteiger partial charge in [-0.3, -0.25) is 0 Å². The molecule has 1 N–H and O–H groups in total. The minimum absolute atomic E-state index is 0.00293. The van der Waals surface area contributed by atoms with Crippen LogP contribution in [-0.2, 0) is 14.3 Å². The van der Waals surface area contributed by atoms with E-state index in [0.29, 0.717) is 6.42 Å². The largest absolute Gasteiger partial charge is 0.450 e. The van der Waals surface area contributed by atoms with Crippen LogP contribution in [0, 0.1) is 0 Å². The van der Waals surface area contributed by atoms with Crippen molar-refractivity contribution in [3.63, 3.8) is 0 Å². The van der Waals surface area contributed by atoms with Crippen LogP contribution in [0.3, 0.4) is 0 Å². The molecule has 1 fully saturated rings. The number of hydrogen-bond acceptors (Lipinski definition) is 4. The molecule has 4 nitrogen and oxygen atoms in total. The highest BCUT2D eigenvalue weighted by Gasteiger charge is 2.42. The SMILES string of the molecule is C=C1CCC2=C(C)C(=O)O[C@H]2C=C(C)CC[C@@H](O)[C@@]2(C)CC[C@@H]1O2. The van der Waals surface area contributed by atoms with Crippen LogP contribution < -0.4 is 0 Å². The molecule has 0 aromatic carbocycles. The number of fused-ring (bicyclic) bond motifs is 3. The molecule has 3 aliphatic rings. The second kappa shape index (κ2) is 6.49. The smallest absolute Gasteiger partial charge is 0.334 e. The maximum atomic E-state index is 11.9. The Morgan fingerprint density at radius 1 is 1.25 bits per heavy atom. The van der Waals surface area contributed by atoms with Crippen LogP contribution in [0.2, 0.25) is 0 Å². The van der Waals surface area contributed by atoms with Crippen LogP contribution in [0.5, 0.6) is 0 Å². The summed E-state index contributed by atoms with van der Waals surface area (Å²) in [7, 11) is 0. The number of aliphatic hydroxyl groups excluding tert-OH is 1. The molecule has 3 heterocycles. The van der Waals surface area contributed by atoms with Crippen molar-refractivity contribution in [3.8, 4) is 0 Å². The topological polar surface area (TPSA) is 55.8 Å². The van der Waals surface area contributed by atoms with Crippen molar-refractivity contribution in [1.82, 2.24) is 0 Å². The summed E-state index contributed by atoms with van der Waals surface area (Å²) < 4.78 is 11.7. The van der Waals surface area contributed by atoms with Gasteiger partial charge < -0.3 is 14.6 Å². The summed E-state index contributed by atoms with van der Waals surface area (Å²) in [5.41, 5.74) is 3.48. The highest BCUT2D eigenvalue weighted by Crippen LogP contribution is 2.39. The number of carbonyl (C=O) groups is 1. The molecule has 1 saturated heterocycles. The Labute approximate surface area is 144 Å². The second-order valence-electron chi connectivity index (χ2n) is 7.66. The average Bonchev–Trinajstić information content (AvgIpc) is 3.05. The van der Waals surface area contributed by atoms with E-state index in [1.54, 1.807) is 0 Å². The highest BCUT2D eigenvalue weighted by molar-refractivity contribution is 5.92. The molecule has 0 radical (unpaired) electrons. The van der Waals surface area contributed by atoms with Crippen LogP contribution in [-0.4, -0.2) is 35.0 Å². The lowest BCUT2D eigenvalue weighted by atomic mass is 9.89. The molecule has 0 aromatic rings. The standard InChI is InChI=1S/C20H28O4/c1-12-5-8-18(21)20(4)10-9-16(24-20)13(2)6-7-15-14(3)19(22)23-17(15)11-12/h11,16-18,21H,2,5-10H2,1,3-4H3/t16-,17-,18+,20+/m0/s1. The van der Waals surface area contributed by atoms with Crippen LogP contribution in [0.1, 0.15) is 59.3 Å². The summed E-state index contributed by atoms with van der Waals surface area (Å²) in [6, 6.07) is 0. The predicted octanol–water partition coefficient (Wildman–Crippen LogP) is 3.60. The minimum Gasteiger partial charge on any atom is -0.450 e. The number of hydrogen-bond donors (Lipinski definition) is 1. The Kier molecular flexibility index (Phi) is 4.71. The fourth-order valence-electron chi connectivity index (χ4n) is 3.94. The van der Waals surface area contributed by atoms with E-state index < -0.39 is 11.7 Å². The lowest BCUT2D eigenvalue weighted by molar-refractivity contribution is -0.138. The first-order valence-electron chi connectivity index (χ1n) is 8.91. The van der Waals surface area contributed by atoms with Crippen molar-refractivity contribution < 1.29 is 19.4 Å². The molecule has 2 bridgehead atoms. The third kappa shape index (κ3) is 3.22. The van der Waals surface area contributed by atoms with Gasteiger partial charge in [-0.15, -0.1) is 0 Å². The van der Waals surface area contributed by atoms with E-state index in [4.69, 9.17) is 9.47 Å². The first-order chi connectivity index (χ1) is 11.3. The van der Waals surface area contributed by atoms with Gasteiger partial charge in [0.25, 0.3) is 0 Å². The van der Waals surface area contributed by atoms with Gasteiger partial charge in [-0.05, 0) is 76.5 Å². The molecule has 0 aromatic heterocycles. The normalized spacial score (nSPS) is 38.0. The Bertz CT molecular complexity index is 615. The van der Waals surface area contributed by atoms with Crippen molar-refractivity contribution in [3.05, 3.63) is 34.9 Å². The molecule has 3 aliphatic heterocycles. The van der Waals surface area contributed by atoms with Gasteiger partial charge in [0.15, 0.2) is 0 Å². The maximum Gasteiger partial charge on any atom is 0.334 e. The van der Waals surface area contributed by atoms with Gasteiger partial charge in [-0.2, -0.15) is 0 Å². The molecule has 0 amide bonds. The molecule has 132 valence electrons. The van der Waals surface area contributed by atoms with Gasteiger partial charge in [0.2, 0.25) is 0 Å². The highest BCUT2D eigenvalue weighted by atomic mass is 16.5. The number of allylic oxidation sites excluding steroid dienone is 1. The number of carbonyl (C=O) groups excluding carboxylic acids is 1. The van der Waals surface area contributed by atoms with Crippen molar-refractivity contribution >= 4 is 5.97 Å². The second-order valence-corrected chi connectivity index (χ2v) is 7.66. The van der Waals surface area contributed by atoms with Gasteiger partial charge >= 0.3 is 5.97 Å². The van der Waals surface area contributed by atoms with Crippen molar-refractivity contribution in [1.29, 1.82) is 0 Å². The maximum absolute atomic E-state index is 11.9. The molecule has 3 rings (SSSR count). The van der Waals surface area contributed by atoms with E-state index in [0.717, 1.165) is 54.4 Å². The van der Waals surface area contributed by atoms with Crippen molar-refractivity contribution in [2.75, 3.05) is 0 Å². The Morgan fingerprint density at radius 3 is 2.75 bits per heavy atom. The molecule has 4 atom stereocenters. The minimum atomic E-state index is -0.498.